The van der Waals surface area contributed by atoms with Crippen LogP contribution in [0.15, 0.2) is 54.9 Å². The smallest absolute Gasteiger partial charge is 0.0723 e. The molecular weight excluding hydrogens is 258 g/mol. The lowest BCUT2D eigenvalue weighted by molar-refractivity contribution is 1.05. The van der Waals surface area contributed by atoms with Gasteiger partial charge in [0.15, 0.2) is 0 Å². The van der Waals surface area contributed by atoms with Crippen LogP contribution in [0.2, 0.25) is 5.02 Å². The van der Waals surface area contributed by atoms with Gasteiger partial charge in [0, 0.05) is 28.5 Å². The minimum atomic E-state index is 0.673. The molecule has 94 valence electrons. The molecule has 0 saturated carbocycles. The quantitative estimate of drug-likeness (QED) is 0.784. The van der Waals surface area contributed by atoms with Gasteiger partial charge >= 0.3 is 0 Å². The number of nitrogens with zero attached hydrogens (tertiary/aromatic N) is 2. The number of hydrogen-bond donors (Lipinski definition) is 1. The molecule has 2 aromatic heterocycles. The first-order valence-corrected chi connectivity index (χ1v) is 6.39. The van der Waals surface area contributed by atoms with Gasteiger partial charge in [0.25, 0.3) is 0 Å². The molecule has 4 heteroatoms. The van der Waals surface area contributed by atoms with Gasteiger partial charge in [-0.05, 0) is 36.4 Å². The van der Waals surface area contributed by atoms with Crippen LogP contribution in [-0.4, -0.2) is 9.97 Å². The molecule has 0 aliphatic carbocycles. The van der Waals surface area contributed by atoms with Crippen molar-refractivity contribution in [2.75, 3.05) is 5.32 Å². The average molecular weight is 270 g/mol. The first-order chi connectivity index (χ1) is 9.33. The molecule has 0 radical (unpaired) electrons. The van der Waals surface area contributed by atoms with Crippen molar-refractivity contribution in [1.82, 2.24) is 9.97 Å². The zero-order valence-corrected chi connectivity index (χ0v) is 10.9. The zero-order chi connectivity index (χ0) is 13.1. The lowest BCUT2D eigenvalue weighted by Crippen LogP contribution is -2.01. The summed E-state index contributed by atoms with van der Waals surface area (Å²) in [7, 11) is 0. The van der Waals surface area contributed by atoms with Crippen LogP contribution < -0.4 is 5.32 Å². The lowest BCUT2D eigenvalue weighted by Gasteiger charge is -2.09. The predicted octanol–water partition coefficient (Wildman–Crippen LogP) is 3.90. The van der Waals surface area contributed by atoms with Crippen LogP contribution in [0.4, 0.5) is 5.69 Å². The summed E-state index contributed by atoms with van der Waals surface area (Å²) in [6, 6.07) is 13.5. The summed E-state index contributed by atoms with van der Waals surface area (Å²) in [5.41, 5.74) is 2.93. The van der Waals surface area contributed by atoms with Crippen molar-refractivity contribution in [3.8, 4) is 0 Å². The van der Waals surface area contributed by atoms with Crippen LogP contribution in [0.1, 0.15) is 5.69 Å². The summed E-state index contributed by atoms with van der Waals surface area (Å²) in [4.78, 5) is 8.61. The summed E-state index contributed by atoms with van der Waals surface area (Å²) >= 11 is 6.04. The second-order valence-electron chi connectivity index (χ2n) is 4.19. The Bertz CT molecular complexity index is 698. The van der Waals surface area contributed by atoms with E-state index in [1.807, 2.05) is 42.5 Å². The highest BCUT2D eigenvalue weighted by atomic mass is 35.5. The SMILES string of the molecule is Clc1ccc2nccc(NCc3ccccn3)c2c1. The number of pyridine rings is 2. The Morgan fingerprint density at radius 3 is 2.79 bits per heavy atom. The van der Waals surface area contributed by atoms with Gasteiger partial charge < -0.3 is 5.32 Å². The van der Waals surface area contributed by atoms with Gasteiger partial charge in [-0.2, -0.15) is 0 Å². The molecule has 0 fully saturated rings. The van der Waals surface area contributed by atoms with Gasteiger partial charge in [-0.25, -0.2) is 0 Å². The van der Waals surface area contributed by atoms with Crippen molar-refractivity contribution in [3.05, 3.63) is 65.6 Å². The highest BCUT2D eigenvalue weighted by Gasteiger charge is 2.02. The Morgan fingerprint density at radius 1 is 1.00 bits per heavy atom. The number of aromatic nitrogens is 2. The molecule has 3 rings (SSSR count). The summed E-state index contributed by atoms with van der Waals surface area (Å²) < 4.78 is 0. The van der Waals surface area contributed by atoms with Crippen molar-refractivity contribution in [3.63, 3.8) is 0 Å². The molecule has 3 nitrogen and oxygen atoms in total. The Labute approximate surface area is 116 Å². The van der Waals surface area contributed by atoms with Crippen LogP contribution in [-0.2, 0) is 6.54 Å². The Balaban J connectivity index is 1.90. The molecule has 2 heterocycles. The van der Waals surface area contributed by atoms with Gasteiger partial charge in [-0.1, -0.05) is 17.7 Å². The maximum Gasteiger partial charge on any atom is 0.0723 e. The van der Waals surface area contributed by atoms with Crippen LogP contribution in [0.25, 0.3) is 10.9 Å². The molecule has 0 unspecified atom stereocenters. The van der Waals surface area contributed by atoms with E-state index >= 15 is 0 Å². The largest absolute Gasteiger partial charge is 0.379 e. The van der Waals surface area contributed by atoms with Crippen molar-refractivity contribution < 1.29 is 0 Å². The van der Waals surface area contributed by atoms with Gasteiger partial charge in [0.1, 0.15) is 0 Å². The second-order valence-corrected chi connectivity index (χ2v) is 4.63. The summed E-state index contributed by atoms with van der Waals surface area (Å²) in [6.07, 6.45) is 3.58. The third-order valence-corrected chi connectivity index (χ3v) is 3.12. The van der Waals surface area contributed by atoms with E-state index in [0.29, 0.717) is 11.6 Å². The number of anilines is 1. The Kier molecular flexibility index (Phi) is 3.29. The van der Waals surface area contributed by atoms with Crippen LogP contribution in [0.3, 0.4) is 0 Å². The molecule has 1 N–H and O–H groups in total. The van der Waals surface area contributed by atoms with Gasteiger partial charge in [0.2, 0.25) is 0 Å². The number of nitrogens with one attached hydrogen (secondary N) is 1. The first-order valence-electron chi connectivity index (χ1n) is 6.01. The minimum absolute atomic E-state index is 0.673. The predicted molar refractivity (Wildman–Crippen MR) is 78.3 cm³/mol. The van der Waals surface area contributed by atoms with E-state index in [1.54, 1.807) is 12.4 Å². The molecule has 0 aliphatic rings. The van der Waals surface area contributed by atoms with E-state index in [4.69, 9.17) is 11.6 Å². The van der Waals surface area contributed by atoms with E-state index in [0.717, 1.165) is 22.3 Å². The molecule has 0 saturated heterocycles. The molecule has 0 aliphatic heterocycles. The number of fused-ring (bicyclic) bond motifs is 1. The molecule has 0 spiro atoms. The van der Waals surface area contributed by atoms with Gasteiger partial charge in [0.05, 0.1) is 17.8 Å². The van der Waals surface area contributed by atoms with Crippen molar-refractivity contribution >= 4 is 28.2 Å². The van der Waals surface area contributed by atoms with E-state index < -0.39 is 0 Å². The monoisotopic (exact) mass is 269 g/mol. The first kappa shape index (κ1) is 11.9. The molecule has 0 bridgehead atoms. The van der Waals surface area contributed by atoms with E-state index in [2.05, 4.69) is 15.3 Å². The fourth-order valence-electron chi connectivity index (χ4n) is 1.96. The van der Waals surface area contributed by atoms with E-state index in [1.165, 1.54) is 0 Å². The number of benzene rings is 1. The van der Waals surface area contributed by atoms with Gasteiger partial charge in [-0.3, -0.25) is 9.97 Å². The summed E-state index contributed by atoms with van der Waals surface area (Å²) in [5.74, 6) is 0. The van der Waals surface area contributed by atoms with E-state index in [-0.39, 0.29) is 0 Å². The van der Waals surface area contributed by atoms with E-state index in [9.17, 15) is 0 Å². The van der Waals surface area contributed by atoms with Crippen LogP contribution in [0, 0.1) is 0 Å². The fourth-order valence-corrected chi connectivity index (χ4v) is 2.13. The molecule has 0 atom stereocenters. The Morgan fingerprint density at radius 2 is 1.95 bits per heavy atom. The summed E-state index contributed by atoms with van der Waals surface area (Å²) in [6.45, 7) is 0.673. The third-order valence-electron chi connectivity index (χ3n) is 2.89. The molecule has 19 heavy (non-hydrogen) atoms. The zero-order valence-electron chi connectivity index (χ0n) is 10.2. The Hall–Kier alpha value is -2.13. The van der Waals surface area contributed by atoms with Gasteiger partial charge in [-0.15, -0.1) is 0 Å². The molecule has 3 aromatic rings. The molecular formula is C15H12ClN3. The molecule has 0 amide bonds. The average Bonchev–Trinajstić information content (AvgIpc) is 2.46. The fraction of sp³-hybridized carbons (Fsp3) is 0.0667. The third kappa shape index (κ3) is 2.66. The standard InChI is InChI=1S/C15H12ClN3/c16-11-4-5-14-13(9-11)15(6-8-18-14)19-10-12-3-1-2-7-17-12/h1-9H,10H2,(H,18,19). The van der Waals surface area contributed by atoms with Crippen molar-refractivity contribution in [2.24, 2.45) is 0 Å². The topological polar surface area (TPSA) is 37.8 Å². The minimum Gasteiger partial charge on any atom is -0.379 e. The van der Waals surface area contributed by atoms with Crippen molar-refractivity contribution in [2.45, 2.75) is 6.54 Å². The molecule has 1 aromatic carbocycles. The lowest BCUT2D eigenvalue weighted by atomic mass is 10.2. The normalized spacial score (nSPS) is 10.6. The van der Waals surface area contributed by atoms with Crippen LogP contribution >= 0.6 is 11.6 Å². The highest BCUT2D eigenvalue weighted by molar-refractivity contribution is 6.31. The maximum absolute atomic E-state index is 6.04. The number of halogens is 1. The number of hydrogen-bond acceptors (Lipinski definition) is 3. The summed E-state index contributed by atoms with van der Waals surface area (Å²) in [5, 5.41) is 5.10. The maximum atomic E-state index is 6.04. The number of rotatable bonds is 3. The highest BCUT2D eigenvalue weighted by Crippen LogP contribution is 2.25. The van der Waals surface area contributed by atoms with Crippen molar-refractivity contribution in [1.29, 1.82) is 0 Å². The van der Waals surface area contributed by atoms with Crippen LogP contribution in [0.5, 0.6) is 0 Å². The second kappa shape index (κ2) is 5.24.